The first-order valence-electron chi connectivity index (χ1n) is 7.22. The van der Waals surface area contributed by atoms with Gasteiger partial charge in [-0.05, 0) is 67.4 Å². The molecule has 114 valence electrons. The van der Waals surface area contributed by atoms with Crippen molar-refractivity contribution in [3.8, 4) is 5.75 Å². The van der Waals surface area contributed by atoms with Crippen molar-refractivity contribution in [2.75, 3.05) is 0 Å². The summed E-state index contributed by atoms with van der Waals surface area (Å²) in [5.74, 6) is 0.933. The Morgan fingerprint density at radius 2 is 1.86 bits per heavy atom. The maximum absolute atomic E-state index is 5.77. The average Bonchev–Trinajstić information content (AvgIpc) is 2.85. The van der Waals surface area contributed by atoms with E-state index >= 15 is 0 Å². The molecule has 0 aliphatic carbocycles. The zero-order valence-electron chi connectivity index (χ0n) is 12.9. The van der Waals surface area contributed by atoms with E-state index < -0.39 is 0 Å². The summed E-state index contributed by atoms with van der Waals surface area (Å²) in [6.07, 6.45) is 0.200. The largest absolute Gasteiger partial charge is 0.491 e. The molecule has 0 saturated carbocycles. The van der Waals surface area contributed by atoms with Gasteiger partial charge in [-0.1, -0.05) is 12.1 Å². The third-order valence-electron chi connectivity index (χ3n) is 3.24. The highest BCUT2D eigenvalue weighted by atomic mass is 79.9. The number of thiophene rings is 1. The van der Waals surface area contributed by atoms with Crippen LogP contribution < -0.4 is 10.1 Å². The van der Waals surface area contributed by atoms with Gasteiger partial charge in [-0.3, -0.25) is 0 Å². The maximum atomic E-state index is 5.77. The van der Waals surface area contributed by atoms with Gasteiger partial charge in [0, 0.05) is 26.8 Å². The molecule has 1 N–H and O–H groups in total. The molecule has 0 aliphatic heterocycles. The Balaban J connectivity index is 2.04. The van der Waals surface area contributed by atoms with Crippen molar-refractivity contribution in [1.29, 1.82) is 0 Å². The summed E-state index contributed by atoms with van der Waals surface area (Å²) >= 11 is 5.28. The van der Waals surface area contributed by atoms with Crippen molar-refractivity contribution in [3.05, 3.63) is 50.6 Å². The fourth-order valence-corrected chi connectivity index (χ4v) is 3.70. The van der Waals surface area contributed by atoms with Crippen LogP contribution in [0.4, 0.5) is 0 Å². The van der Waals surface area contributed by atoms with Crippen LogP contribution in [0.25, 0.3) is 0 Å². The highest BCUT2D eigenvalue weighted by molar-refractivity contribution is 9.10. The predicted molar refractivity (Wildman–Crippen MR) is 94.2 cm³/mol. The molecule has 1 heterocycles. The molecule has 2 atom stereocenters. The first-order valence-corrected chi connectivity index (χ1v) is 8.89. The standard InChI is InChI=1S/C17H22BrNOS/c1-11(2)20-16-7-5-6-14(8-16)12(3)19-13(4)17-9-15(18)10-21-17/h5-13,19H,1-4H3. The minimum Gasteiger partial charge on any atom is -0.491 e. The SMILES string of the molecule is CC(C)Oc1cccc(C(C)NC(C)c2cc(Br)cs2)c1. The highest BCUT2D eigenvalue weighted by Crippen LogP contribution is 2.28. The molecule has 0 radical (unpaired) electrons. The van der Waals surface area contributed by atoms with Gasteiger partial charge in [0.15, 0.2) is 0 Å². The fourth-order valence-electron chi connectivity index (χ4n) is 2.24. The zero-order chi connectivity index (χ0) is 15.4. The van der Waals surface area contributed by atoms with Crippen molar-refractivity contribution in [1.82, 2.24) is 5.32 Å². The van der Waals surface area contributed by atoms with Gasteiger partial charge < -0.3 is 10.1 Å². The first kappa shape index (κ1) is 16.5. The third-order valence-corrected chi connectivity index (χ3v) is 5.12. The molecule has 0 saturated heterocycles. The van der Waals surface area contributed by atoms with Crippen LogP contribution in [0.2, 0.25) is 0 Å². The van der Waals surface area contributed by atoms with E-state index in [0.717, 1.165) is 10.2 Å². The summed E-state index contributed by atoms with van der Waals surface area (Å²) in [6.45, 7) is 8.48. The Bertz CT molecular complexity index is 582. The molecule has 2 aromatic rings. The number of benzene rings is 1. The van der Waals surface area contributed by atoms with Gasteiger partial charge in [0.25, 0.3) is 0 Å². The topological polar surface area (TPSA) is 21.3 Å². The summed E-state index contributed by atoms with van der Waals surface area (Å²) < 4.78 is 6.92. The Labute approximate surface area is 139 Å². The lowest BCUT2D eigenvalue weighted by molar-refractivity contribution is 0.242. The summed E-state index contributed by atoms with van der Waals surface area (Å²) in [4.78, 5) is 1.34. The van der Waals surface area contributed by atoms with Crippen molar-refractivity contribution in [3.63, 3.8) is 0 Å². The molecule has 0 amide bonds. The molecule has 0 bridgehead atoms. The predicted octanol–water partition coefficient (Wildman–Crippen LogP) is 5.71. The number of ether oxygens (including phenoxy) is 1. The molecule has 0 spiro atoms. The molecule has 0 fully saturated rings. The lowest BCUT2D eigenvalue weighted by Gasteiger charge is -2.20. The Kier molecular flexibility index (Phi) is 5.85. The number of nitrogens with one attached hydrogen (secondary N) is 1. The van der Waals surface area contributed by atoms with Gasteiger partial charge in [-0.25, -0.2) is 0 Å². The molecule has 21 heavy (non-hydrogen) atoms. The van der Waals surface area contributed by atoms with Gasteiger partial charge >= 0.3 is 0 Å². The lowest BCUT2D eigenvalue weighted by Crippen LogP contribution is -2.21. The normalized spacial score (nSPS) is 14.2. The van der Waals surface area contributed by atoms with Crippen LogP contribution in [0.15, 0.2) is 40.2 Å². The van der Waals surface area contributed by atoms with Crippen molar-refractivity contribution in [2.24, 2.45) is 0 Å². The van der Waals surface area contributed by atoms with E-state index in [-0.39, 0.29) is 12.1 Å². The number of hydrogen-bond donors (Lipinski definition) is 1. The maximum Gasteiger partial charge on any atom is 0.120 e. The Morgan fingerprint density at radius 3 is 2.48 bits per heavy atom. The van der Waals surface area contributed by atoms with Crippen molar-refractivity contribution >= 4 is 27.3 Å². The highest BCUT2D eigenvalue weighted by Gasteiger charge is 2.13. The quantitative estimate of drug-likeness (QED) is 0.705. The molecule has 1 aromatic carbocycles. The monoisotopic (exact) mass is 367 g/mol. The average molecular weight is 368 g/mol. The first-order chi connectivity index (χ1) is 9.95. The minimum absolute atomic E-state index is 0.200. The van der Waals surface area contributed by atoms with E-state index in [9.17, 15) is 0 Å². The van der Waals surface area contributed by atoms with Crippen LogP contribution in [0.3, 0.4) is 0 Å². The molecule has 1 aromatic heterocycles. The fraction of sp³-hybridized carbons (Fsp3) is 0.412. The molecule has 2 rings (SSSR count). The molecule has 0 aliphatic rings. The second-order valence-electron chi connectivity index (χ2n) is 5.52. The second-order valence-corrected chi connectivity index (χ2v) is 7.37. The Hall–Kier alpha value is -0.840. The summed E-state index contributed by atoms with van der Waals surface area (Å²) in [6, 6.07) is 11.1. The van der Waals surface area contributed by atoms with Crippen LogP contribution in [0.1, 0.15) is 50.2 Å². The van der Waals surface area contributed by atoms with E-state index in [1.54, 1.807) is 11.3 Å². The molecular formula is C17H22BrNOS. The molecule has 2 nitrogen and oxygen atoms in total. The lowest BCUT2D eigenvalue weighted by atomic mass is 10.1. The smallest absolute Gasteiger partial charge is 0.120 e. The van der Waals surface area contributed by atoms with E-state index in [2.05, 4.69) is 64.7 Å². The van der Waals surface area contributed by atoms with E-state index in [1.165, 1.54) is 10.4 Å². The third kappa shape index (κ3) is 4.83. The molecular weight excluding hydrogens is 346 g/mol. The van der Waals surface area contributed by atoms with Crippen LogP contribution in [0, 0.1) is 0 Å². The van der Waals surface area contributed by atoms with Gasteiger partial charge in [0.1, 0.15) is 5.75 Å². The minimum atomic E-state index is 0.200. The van der Waals surface area contributed by atoms with Crippen molar-refractivity contribution < 1.29 is 4.74 Å². The number of halogens is 1. The van der Waals surface area contributed by atoms with Gasteiger partial charge in [-0.2, -0.15) is 0 Å². The molecule has 4 heteroatoms. The van der Waals surface area contributed by atoms with Gasteiger partial charge in [-0.15, -0.1) is 11.3 Å². The second kappa shape index (κ2) is 7.43. The Morgan fingerprint density at radius 1 is 1.10 bits per heavy atom. The summed E-state index contributed by atoms with van der Waals surface area (Å²) in [7, 11) is 0. The van der Waals surface area contributed by atoms with Crippen LogP contribution in [-0.4, -0.2) is 6.10 Å². The summed E-state index contributed by atoms with van der Waals surface area (Å²) in [5, 5.41) is 5.76. The van der Waals surface area contributed by atoms with E-state index in [0.29, 0.717) is 6.04 Å². The zero-order valence-corrected chi connectivity index (χ0v) is 15.3. The van der Waals surface area contributed by atoms with E-state index in [4.69, 9.17) is 4.74 Å². The van der Waals surface area contributed by atoms with E-state index in [1.807, 2.05) is 19.9 Å². The summed E-state index contributed by atoms with van der Waals surface area (Å²) in [5.41, 5.74) is 1.25. The van der Waals surface area contributed by atoms with Gasteiger partial charge in [0.2, 0.25) is 0 Å². The molecule has 2 unspecified atom stereocenters. The van der Waals surface area contributed by atoms with Crippen LogP contribution in [0.5, 0.6) is 5.75 Å². The number of rotatable bonds is 6. The van der Waals surface area contributed by atoms with Crippen LogP contribution >= 0.6 is 27.3 Å². The van der Waals surface area contributed by atoms with Gasteiger partial charge in [0.05, 0.1) is 6.10 Å². The van der Waals surface area contributed by atoms with Crippen molar-refractivity contribution in [2.45, 2.75) is 45.9 Å². The van der Waals surface area contributed by atoms with Crippen LogP contribution in [-0.2, 0) is 0 Å². The number of hydrogen-bond acceptors (Lipinski definition) is 3.